The fraction of sp³-hybridized carbons (Fsp3) is 0.250. The number of hydrogen-bond acceptors (Lipinski definition) is 5. The Morgan fingerprint density at radius 3 is 2.81 bits per heavy atom. The van der Waals surface area contributed by atoms with Gasteiger partial charge in [-0.1, -0.05) is 35.5 Å². The number of hydrogen-bond donors (Lipinski definition) is 0. The summed E-state index contributed by atoms with van der Waals surface area (Å²) in [4.78, 5) is 19.0. The highest BCUT2D eigenvalue weighted by molar-refractivity contribution is 5.94. The highest BCUT2D eigenvalue weighted by Crippen LogP contribution is 2.33. The predicted octanol–water partition coefficient (Wildman–Crippen LogP) is 3.86. The van der Waals surface area contributed by atoms with Crippen LogP contribution in [0, 0.1) is 5.82 Å². The third-order valence-electron chi connectivity index (χ3n) is 4.67. The summed E-state index contributed by atoms with van der Waals surface area (Å²) in [5.41, 5.74) is 1.11. The lowest BCUT2D eigenvalue weighted by Crippen LogP contribution is -2.30. The van der Waals surface area contributed by atoms with E-state index in [4.69, 9.17) is 9.26 Å². The van der Waals surface area contributed by atoms with Gasteiger partial charge in [0.25, 0.3) is 5.91 Å². The summed E-state index contributed by atoms with van der Waals surface area (Å²) in [6, 6.07) is 13.4. The third kappa shape index (κ3) is 3.28. The number of amides is 1. The molecular formula is C20H18FN3O3. The van der Waals surface area contributed by atoms with Gasteiger partial charge in [0.1, 0.15) is 6.04 Å². The largest absolute Gasteiger partial charge is 0.494 e. The Morgan fingerprint density at radius 1 is 1.26 bits per heavy atom. The summed E-state index contributed by atoms with van der Waals surface area (Å²) in [6.07, 6.45) is 1.54. The summed E-state index contributed by atoms with van der Waals surface area (Å²) in [5, 5.41) is 4.03. The molecule has 0 radical (unpaired) electrons. The van der Waals surface area contributed by atoms with Gasteiger partial charge < -0.3 is 14.2 Å². The highest BCUT2D eigenvalue weighted by atomic mass is 19.1. The number of aromatic nitrogens is 2. The Hall–Kier alpha value is -3.22. The van der Waals surface area contributed by atoms with Crippen molar-refractivity contribution in [1.82, 2.24) is 15.0 Å². The number of rotatable bonds is 4. The molecule has 0 saturated carbocycles. The fourth-order valence-corrected chi connectivity index (χ4v) is 3.31. The van der Waals surface area contributed by atoms with E-state index in [1.807, 2.05) is 30.3 Å². The van der Waals surface area contributed by atoms with Crippen LogP contribution in [0.4, 0.5) is 4.39 Å². The summed E-state index contributed by atoms with van der Waals surface area (Å²) in [5.74, 6) is 0.157. The molecule has 0 aliphatic carbocycles. The third-order valence-corrected chi connectivity index (χ3v) is 4.67. The van der Waals surface area contributed by atoms with Gasteiger partial charge >= 0.3 is 0 Å². The molecule has 1 amide bonds. The monoisotopic (exact) mass is 367 g/mol. The maximum Gasteiger partial charge on any atom is 0.254 e. The predicted molar refractivity (Wildman–Crippen MR) is 95.7 cm³/mol. The van der Waals surface area contributed by atoms with E-state index in [0.29, 0.717) is 18.3 Å². The molecular weight excluding hydrogens is 349 g/mol. The van der Waals surface area contributed by atoms with Crippen molar-refractivity contribution >= 4 is 5.91 Å². The molecule has 2 aromatic carbocycles. The van der Waals surface area contributed by atoms with Crippen LogP contribution in [-0.4, -0.2) is 34.6 Å². The zero-order valence-electron chi connectivity index (χ0n) is 14.8. The zero-order chi connectivity index (χ0) is 18.8. The molecule has 7 heteroatoms. The molecule has 1 aliphatic rings. The first-order valence-corrected chi connectivity index (χ1v) is 8.71. The molecule has 0 bridgehead atoms. The van der Waals surface area contributed by atoms with E-state index in [0.717, 1.165) is 18.4 Å². The van der Waals surface area contributed by atoms with Crippen molar-refractivity contribution in [2.75, 3.05) is 13.7 Å². The van der Waals surface area contributed by atoms with Gasteiger partial charge in [-0.05, 0) is 31.0 Å². The Bertz CT molecular complexity index is 958. The summed E-state index contributed by atoms with van der Waals surface area (Å²) in [6.45, 7) is 0.556. The number of carbonyl (C=O) groups is 1. The highest BCUT2D eigenvalue weighted by Gasteiger charge is 2.34. The van der Waals surface area contributed by atoms with Crippen LogP contribution in [0.25, 0.3) is 11.4 Å². The van der Waals surface area contributed by atoms with Gasteiger partial charge in [-0.3, -0.25) is 4.79 Å². The summed E-state index contributed by atoms with van der Waals surface area (Å²) in [7, 11) is 1.39. The Labute approximate surface area is 155 Å². The average molecular weight is 367 g/mol. The van der Waals surface area contributed by atoms with Gasteiger partial charge in [0.15, 0.2) is 11.6 Å². The molecule has 0 N–H and O–H groups in total. The number of carbonyl (C=O) groups excluding carboxylic acids is 1. The summed E-state index contributed by atoms with van der Waals surface area (Å²) < 4.78 is 24.3. The van der Waals surface area contributed by atoms with E-state index in [1.165, 1.54) is 19.2 Å². The minimum atomic E-state index is -0.566. The van der Waals surface area contributed by atoms with Crippen LogP contribution < -0.4 is 4.74 Å². The smallest absolute Gasteiger partial charge is 0.254 e. The Balaban J connectivity index is 1.58. The fourth-order valence-electron chi connectivity index (χ4n) is 3.31. The van der Waals surface area contributed by atoms with Crippen molar-refractivity contribution in [2.45, 2.75) is 18.9 Å². The Morgan fingerprint density at radius 2 is 2.07 bits per heavy atom. The first-order valence-electron chi connectivity index (χ1n) is 8.71. The topological polar surface area (TPSA) is 68.5 Å². The second kappa shape index (κ2) is 7.19. The molecule has 4 rings (SSSR count). The minimum Gasteiger partial charge on any atom is -0.494 e. The van der Waals surface area contributed by atoms with Crippen molar-refractivity contribution in [1.29, 1.82) is 0 Å². The lowest BCUT2D eigenvalue weighted by Gasteiger charge is -2.22. The van der Waals surface area contributed by atoms with Crippen LogP contribution >= 0.6 is 0 Å². The van der Waals surface area contributed by atoms with Crippen molar-refractivity contribution in [3.05, 3.63) is 65.8 Å². The SMILES string of the molecule is COc1ccc(C(=O)N2CCCC2c2nc(-c3ccccc3)no2)cc1F. The van der Waals surface area contributed by atoms with E-state index in [1.54, 1.807) is 11.0 Å². The quantitative estimate of drug-likeness (QED) is 0.700. The Kier molecular flexibility index (Phi) is 4.58. The molecule has 138 valence electrons. The molecule has 1 aliphatic heterocycles. The maximum atomic E-state index is 14.0. The number of nitrogens with zero attached hydrogens (tertiary/aromatic N) is 3. The molecule has 1 fully saturated rings. The minimum absolute atomic E-state index is 0.105. The van der Waals surface area contributed by atoms with Crippen LogP contribution in [-0.2, 0) is 0 Å². The molecule has 0 spiro atoms. The zero-order valence-corrected chi connectivity index (χ0v) is 14.8. The van der Waals surface area contributed by atoms with Crippen molar-refractivity contribution in [2.24, 2.45) is 0 Å². The lowest BCUT2D eigenvalue weighted by atomic mass is 10.1. The van der Waals surface area contributed by atoms with Gasteiger partial charge in [0.05, 0.1) is 7.11 Å². The first kappa shape index (κ1) is 17.2. The van der Waals surface area contributed by atoms with Gasteiger partial charge in [-0.15, -0.1) is 0 Å². The van der Waals surface area contributed by atoms with Gasteiger partial charge in [0, 0.05) is 17.7 Å². The lowest BCUT2D eigenvalue weighted by molar-refractivity contribution is 0.0709. The molecule has 2 heterocycles. The van der Waals surface area contributed by atoms with E-state index >= 15 is 0 Å². The second-order valence-electron chi connectivity index (χ2n) is 6.33. The van der Waals surface area contributed by atoms with Crippen molar-refractivity contribution < 1.29 is 18.4 Å². The van der Waals surface area contributed by atoms with Gasteiger partial charge in [0.2, 0.25) is 11.7 Å². The van der Waals surface area contributed by atoms with E-state index in [2.05, 4.69) is 10.1 Å². The van der Waals surface area contributed by atoms with Crippen LogP contribution in [0.5, 0.6) is 5.75 Å². The number of likely N-dealkylation sites (tertiary alicyclic amines) is 1. The second-order valence-corrected chi connectivity index (χ2v) is 6.33. The van der Waals surface area contributed by atoms with Crippen molar-refractivity contribution in [3.8, 4) is 17.1 Å². The van der Waals surface area contributed by atoms with Crippen LogP contribution in [0.2, 0.25) is 0 Å². The molecule has 3 aromatic rings. The van der Waals surface area contributed by atoms with E-state index in [9.17, 15) is 9.18 Å². The molecule has 1 saturated heterocycles. The van der Waals surface area contributed by atoms with Crippen LogP contribution in [0.1, 0.15) is 35.1 Å². The molecule has 6 nitrogen and oxygen atoms in total. The normalized spacial score (nSPS) is 16.5. The molecule has 27 heavy (non-hydrogen) atoms. The molecule has 1 atom stereocenters. The molecule has 1 aromatic heterocycles. The number of benzene rings is 2. The standard InChI is InChI=1S/C20H18FN3O3/c1-26-17-10-9-14(12-15(17)21)20(25)24-11-5-8-16(24)19-22-18(23-27-19)13-6-3-2-4-7-13/h2-4,6-7,9-10,12,16H,5,8,11H2,1H3. The van der Waals surface area contributed by atoms with E-state index in [-0.39, 0.29) is 23.3 Å². The molecule has 1 unspecified atom stereocenters. The van der Waals surface area contributed by atoms with E-state index < -0.39 is 5.82 Å². The van der Waals surface area contributed by atoms with Crippen molar-refractivity contribution in [3.63, 3.8) is 0 Å². The number of halogens is 1. The van der Waals surface area contributed by atoms with Gasteiger partial charge in [-0.25, -0.2) is 4.39 Å². The average Bonchev–Trinajstić information content (AvgIpc) is 3.37. The maximum absolute atomic E-state index is 14.0. The number of methoxy groups -OCH3 is 1. The summed E-state index contributed by atoms with van der Waals surface area (Å²) >= 11 is 0. The number of ether oxygens (including phenoxy) is 1. The van der Waals surface area contributed by atoms with Gasteiger partial charge in [-0.2, -0.15) is 4.98 Å². The van der Waals surface area contributed by atoms with Crippen LogP contribution in [0.15, 0.2) is 53.1 Å². The van der Waals surface area contributed by atoms with Crippen LogP contribution in [0.3, 0.4) is 0 Å². The first-order chi connectivity index (χ1) is 13.2.